The molecule has 0 bridgehead atoms. The first-order valence-corrected chi connectivity index (χ1v) is 6.40. The number of rotatable bonds is 5. The van der Waals surface area contributed by atoms with Gasteiger partial charge < -0.3 is 9.84 Å². The molecule has 2 aromatic rings. The van der Waals surface area contributed by atoms with E-state index in [9.17, 15) is 4.39 Å². The van der Waals surface area contributed by atoms with Crippen LogP contribution in [0.2, 0.25) is 0 Å². The van der Waals surface area contributed by atoms with Crippen LogP contribution in [0.4, 0.5) is 4.39 Å². The van der Waals surface area contributed by atoms with Crippen molar-refractivity contribution in [1.29, 1.82) is 0 Å². The van der Waals surface area contributed by atoms with E-state index in [-0.39, 0.29) is 5.82 Å². The van der Waals surface area contributed by atoms with Gasteiger partial charge in [-0.1, -0.05) is 12.1 Å². The van der Waals surface area contributed by atoms with Crippen molar-refractivity contribution in [2.24, 2.45) is 0 Å². The van der Waals surface area contributed by atoms with Crippen LogP contribution in [0.15, 0.2) is 22.7 Å². The molecule has 1 unspecified atom stereocenters. The first kappa shape index (κ1) is 13.7. The first-order chi connectivity index (χ1) is 9.13. The molecule has 1 atom stereocenters. The quantitative estimate of drug-likeness (QED) is 0.901. The van der Waals surface area contributed by atoms with Gasteiger partial charge in [-0.3, -0.25) is 0 Å². The van der Waals surface area contributed by atoms with E-state index in [1.807, 2.05) is 14.0 Å². The molecule has 19 heavy (non-hydrogen) atoms. The minimum Gasteiger partial charge on any atom is -0.339 e. The molecule has 1 aromatic heterocycles. The number of likely N-dealkylation sites (N-methyl/N-ethyl adjacent to an activating group) is 1. The summed E-state index contributed by atoms with van der Waals surface area (Å²) in [5.41, 5.74) is 1.60. The smallest absolute Gasteiger partial charge is 0.228 e. The average Bonchev–Trinajstić information content (AvgIpc) is 2.84. The number of nitrogens with zero attached hydrogens (tertiary/aromatic N) is 2. The molecule has 0 aliphatic carbocycles. The van der Waals surface area contributed by atoms with Crippen molar-refractivity contribution in [1.82, 2.24) is 15.5 Å². The number of benzene rings is 1. The van der Waals surface area contributed by atoms with Gasteiger partial charge in [0.15, 0.2) is 0 Å². The van der Waals surface area contributed by atoms with Gasteiger partial charge in [-0.25, -0.2) is 4.39 Å². The number of hydrogen-bond donors (Lipinski definition) is 1. The zero-order valence-electron chi connectivity index (χ0n) is 11.4. The van der Waals surface area contributed by atoms with Gasteiger partial charge in [0.25, 0.3) is 0 Å². The van der Waals surface area contributed by atoms with E-state index in [2.05, 4.69) is 22.4 Å². The SMILES string of the molecule is CCC(Cc1nc(-c2ccc(F)cc2C)no1)NC. The Morgan fingerprint density at radius 3 is 2.84 bits per heavy atom. The molecular weight excluding hydrogens is 245 g/mol. The van der Waals surface area contributed by atoms with Crippen molar-refractivity contribution in [3.63, 3.8) is 0 Å². The van der Waals surface area contributed by atoms with E-state index in [4.69, 9.17) is 4.52 Å². The van der Waals surface area contributed by atoms with E-state index in [1.165, 1.54) is 12.1 Å². The molecule has 0 amide bonds. The van der Waals surface area contributed by atoms with Crippen LogP contribution in [0.1, 0.15) is 24.8 Å². The van der Waals surface area contributed by atoms with Crippen LogP contribution in [-0.4, -0.2) is 23.2 Å². The summed E-state index contributed by atoms with van der Waals surface area (Å²) in [6.45, 7) is 3.93. The van der Waals surface area contributed by atoms with Gasteiger partial charge in [0.2, 0.25) is 11.7 Å². The molecule has 5 heteroatoms. The lowest BCUT2D eigenvalue weighted by Gasteiger charge is -2.09. The number of halogens is 1. The fraction of sp³-hybridized carbons (Fsp3) is 0.429. The maximum atomic E-state index is 13.1. The van der Waals surface area contributed by atoms with Crippen molar-refractivity contribution >= 4 is 0 Å². The third kappa shape index (κ3) is 3.17. The van der Waals surface area contributed by atoms with E-state index in [0.717, 1.165) is 17.5 Å². The van der Waals surface area contributed by atoms with Gasteiger partial charge in [0, 0.05) is 18.0 Å². The lowest BCUT2D eigenvalue weighted by molar-refractivity contribution is 0.359. The van der Waals surface area contributed by atoms with Crippen LogP contribution in [-0.2, 0) is 6.42 Å². The highest BCUT2D eigenvalue weighted by Crippen LogP contribution is 2.21. The highest BCUT2D eigenvalue weighted by Gasteiger charge is 2.14. The van der Waals surface area contributed by atoms with Gasteiger partial charge in [-0.15, -0.1) is 0 Å². The van der Waals surface area contributed by atoms with Crippen molar-refractivity contribution < 1.29 is 8.91 Å². The lowest BCUT2D eigenvalue weighted by Crippen LogP contribution is -2.26. The monoisotopic (exact) mass is 263 g/mol. The summed E-state index contributed by atoms with van der Waals surface area (Å²) in [6.07, 6.45) is 1.68. The molecule has 0 saturated carbocycles. The molecule has 0 aliphatic rings. The van der Waals surface area contributed by atoms with Crippen LogP contribution in [0.3, 0.4) is 0 Å². The highest BCUT2D eigenvalue weighted by molar-refractivity contribution is 5.59. The zero-order valence-corrected chi connectivity index (χ0v) is 11.4. The van der Waals surface area contributed by atoms with Gasteiger partial charge in [0.05, 0.1) is 0 Å². The highest BCUT2D eigenvalue weighted by atomic mass is 19.1. The van der Waals surface area contributed by atoms with Gasteiger partial charge in [0.1, 0.15) is 5.82 Å². The second-order valence-electron chi connectivity index (χ2n) is 4.57. The second kappa shape index (κ2) is 5.93. The normalized spacial score (nSPS) is 12.6. The van der Waals surface area contributed by atoms with Gasteiger partial charge in [-0.05, 0) is 44.2 Å². The summed E-state index contributed by atoms with van der Waals surface area (Å²) >= 11 is 0. The van der Waals surface area contributed by atoms with Crippen molar-refractivity contribution in [3.05, 3.63) is 35.5 Å². The molecule has 0 radical (unpaired) electrons. The maximum Gasteiger partial charge on any atom is 0.228 e. The molecule has 1 N–H and O–H groups in total. The molecule has 102 valence electrons. The maximum absolute atomic E-state index is 13.1. The van der Waals surface area contributed by atoms with Gasteiger partial charge >= 0.3 is 0 Å². The second-order valence-corrected chi connectivity index (χ2v) is 4.57. The van der Waals surface area contributed by atoms with E-state index < -0.39 is 0 Å². The van der Waals surface area contributed by atoms with Crippen molar-refractivity contribution in [2.75, 3.05) is 7.05 Å². The van der Waals surface area contributed by atoms with Crippen LogP contribution in [0.5, 0.6) is 0 Å². The third-order valence-electron chi connectivity index (χ3n) is 3.22. The molecule has 0 saturated heterocycles. The Bertz CT molecular complexity index is 549. The van der Waals surface area contributed by atoms with Crippen molar-refractivity contribution in [3.8, 4) is 11.4 Å². The van der Waals surface area contributed by atoms with Gasteiger partial charge in [-0.2, -0.15) is 4.98 Å². The standard InChI is InChI=1S/C14H18FN3O/c1-4-11(16-3)8-13-17-14(18-19-13)12-6-5-10(15)7-9(12)2/h5-7,11,16H,4,8H2,1-3H3. The van der Waals surface area contributed by atoms with E-state index in [1.54, 1.807) is 6.07 Å². The summed E-state index contributed by atoms with van der Waals surface area (Å²) in [4.78, 5) is 4.37. The fourth-order valence-corrected chi connectivity index (χ4v) is 1.99. The summed E-state index contributed by atoms with van der Waals surface area (Å²) < 4.78 is 18.3. The predicted octanol–water partition coefficient (Wildman–Crippen LogP) is 2.72. The molecule has 4 nitrogen and oxygen atoms in total. The summed E-state index contributed by atoms with van der Waals surface area (Å²) in [6, 6.07) is 4.87. The van der Waals surface area contributed by atoms with Crippen LogP contribution >= 0.6 is 0 Å². The third-order valence-corrected chi connectivity index (χ3v) is 3.22. The number of hydrogen-bond acceptors (Lipinski definition) is 4. The minimum absolute atomic E-state index is 0.258. The molecule has 0 fully saturated rings. The molecule has 1 aromatic carbocycles. The Labute approximate surface area is 112 Å². The summed E-state index contributed by atoms with van der Waals surface area (Å²) in [5.74, 6) is 0.851. The first-order valence-electron chi connectivity index (χ1n) is 6.40. The molecule has 1 heterocycles. The topological polar surface area (TPSA) is 51.0 Å². The number of nitrogens with one attached hydrogen (secondary N) is 1. The molecular formula is C14H18FN3O. The van der Waals surface area contributed by atoms with Crippen LogP contribution in [0.25, 0.3) is 11.4 Å². The molecule has 2 rings (SSSR count). The fourth-order valence-electron chi connectivity index (χ4n) is 1.99. The minimum atomic E-state index is -0.258. The van der Waals surface area contributed by atoms with Crippen molar-refractivity contribution in [2.45, 2.75) is 32.7 Å². The molecule has 0 spiro atoms. The average molecular weight is 263 g/mol. The van der Waals surface area contributed by atoms with E-state index >= 15 is 0 Å². The summed E-state index contributed by atoms with van der Waals surface area (Å²) in [5, 5.41) is 7.15. The largest absolute Gasteiger partial charge is 0.339 e. The summed E-state index contributed by atoms with van der Waals surface area (Å²) in [7, 11) is 1.91. The number of aromatic nitrogens is 2. The Hall–Kier alpha value is -1.75. The Balaban J connectivity index is 2.20. The predicted molar refractivity (Wildman–Crippen MR) is 71.3 cm³/mol. The Kier molecular flexibility index (Phi) is 4.27. The zero-order chi connectivity index (χ0) is 13.8. The Morgan fingerprint density at radius 1 is 1.42 bits per heavy atom. The molecule has 0 aliphatic heterocycles. The lowest BCUT2D eigenvalue weighted by atomic mass is 10.1. The Morgan fingerprint density at radius 2 is 2.21 bits per heavy atom. The van der Waals surface area contributed by atoms with Crippen LogP contribution < -0.4 is 5.32 Å². The number of aryl methyl sites for hydroxylation is 1. The van der Waals surface area contributed by atoms with E-state index in [0.29, 0.717) is 24.2 Å². The van der Waals surface area contributed by atoms with Crippen LogP contribution in [0, 0.1) is 12.7 Å².